The molecule has 0 unspecified atom stereocenters. The Balaban J connectivity index is 0.00000144. The second kappa shape index (κ2) is 5.99. The van der Waals surface area contributed by atoms with Crippen LogP contribution in [0.15, 0.2) is 20.1 Å². The van der Waals surface area contributed by atoms with Crippen LogP contribution in [0.2, 0.25) is 0 Å². The highest BCUT2D eigenvalue weighted by Gasteiger charge is 2.29. The molecule has 1 aliphatic rings. The standard InChI is InChI=1S/C9H13BrN2O2S2.ClH/c1-7-6-12(5-4-11-7)16(13,14)9-3-2-8(10)15-9;/h2-3,7,11H,4-6H2,1H3;1H/t7-;/m1./s1. The van der Waals surface area contributed by atoms with Crippen LogP contribution in [-0.4, -0.2) is 38.4 Å². The fourth-order valence-corrected chi connectivity index (χ4v) is 5.37. The predicted octanol–water partition coefficient (Wildman–Crippen LogP) is 1.91. The number of nitrogens with zero attached hydrogens (tertiary/aromatic N) is 1. The maximum atomic E-state index is 12.2. The minimum atomic E-state index is -3.29. The van der Waals surface area contributed by atoms with E-state index in [1.165, 1.54) is 11.3 Å². The van der Waals surface area contributed by atoms with E-state index in [9.17, 15) is 8.42 Å². The molecular formula is C9H14BrClN2O2S2. The third kappa shape index (κ3) is 3.42. The average molecular weight is 362 g/mol. The first kappa shape index (κ1) is 15.4. The third-order valence-electron chi connectivity index (χ3n) is 2.47. The monoisotopic (exact) mass is 360 g/mol. The Hall–Kier alpha value is 0.340. The van der Waals surface area contributed by atoms with E-state index < -0.39 is 10.0 Å². The fourth-order valence-electron chi connectivity index (χ4n) is 1.68. The molecule has 0 radical (unpaired) electrons. The van der Waals surface area contributed by atoms with Crippen LogP contribution in [0.25, 0.3) is 0 Å². The lowest BCUT2D eigenvalue weighted by atomic mass is 10.3. The Morgan fingerprint density at radius 2 is 2.24 bits per heavy atom. The van der Waals surface area contributed by atoms with Gasteiger partial charge in [-0.2, -0.15) is 4.31 Å². The van der Waals surface area contributed by atoms with Crippen molar-refractivity contribution in [2.45, 2.75) is 17.2 Å². The number of halogens is 2. The van der Waals surface area contributed by atoms with Crippen molar-refractivity contribution in [3.05, 3.63) is 15.9 Å². The van der Waals surface area contributed by atoms with E-state index in [-0.39, 0.29) is 18.4 Å². The first-order valence-corrected chi connectivity index (χ1v) is 8.04. The third-order valence-corrected chi connectivity index (χ3v) is 6.43. The van der Waals surface area contributed by atoms with Crippen LogP contribution in [0.1, 0.15) is 6.92 Å². The van der Waals surface area contributed by atoms with Gasteiger partial charge in [0.05, 0.1) is 3.79 Å². The summed E-state index contributed by atoms with van der Waals surface area (Å²) in [5.41, 5.74) is 0. The highest BCUT2D eigenvalue weighted by Crippen LogP contribution is 2.28. The van der Waals surface area contributed by atoms with Gasteiger partial charge in [0, 0.05) is 25.7 Å². The van der Waals surface area contributed by atoms with Crippen molar-refractivity contribution in [1.82, 2.24) is 9.62 Å². The van der Waals surface area contributed by atoms with Gasteiger partial charge in [0.2, 0.25) is 0 Å². The molecule has 2 rings (SSSR count). The summed E-state index contributed by atoms with van der Waals surface area (Å²) in [5.74, 6) is 0. The van der Waals surface area contributed by atoms with Gasteiger partial charge in [0.15, 0.2) is 0 Å². The smallest absolute Gasteiger partial charge is 0.252 e. The van der Waals surface area contributed by atoms with Gasteiger partial charge in [-0.05, 0) is 35.0 Å². The lowest BCUT2D eigenvalue weighted by molar-refractivity contribution is 0.311. The Morgan fingerprint density at radius 3 is 2.76 bits per heavy atom. The minimum Gasteiger partial charge on any atom is -0.312 e. The summed E-state index contributed by atoms with van der Waals surface area (Å²) in [5, 5.41) is 3.23. The summed E-state index contributed by atoms with van der Waals surface area (Å²) in [7, 11) is -3.29. The van der Waals surface area contributed by atoms with Crippen molar-refractivity contribution in [3.63, 3.8) is 0 Å². The summed E-state index contributed by atoms with van der Waals surface area (Å²) in [6.07, 6.45) is 0. The number of piperazine rings is 1. The van der Waals surface area contributed by atoms with Gasteiger partial charge in [-0.1, -0.05) is 0 Å². The summed E-state index contributed by atoms with van der Waals surface area (Å²) < 4.78 is 27.3. The number of rotatable bonds is 2. The maximum Gasteiger partial charge on any atom is 0.252 e. The topological polar surface area (TPSA) is 49.4 Å². The summed E-state index contributed by atoms with van der Waals surface area (Å²) in [6.45, 7) is 3.79. The molecule has 17 heavy (non-hydrogen) atoms. The molecule has 0 aromatic carbocycles. The molecule has 1 aliphatic heterocycles. The van der Waals surface area contributed by atoms with E-state index in [2.05, 4.69) is 21.2 Å². The zero-order chi connectivity index (χ0) is 11.8. The number of thiophene rings is 1. The molecule has 1 atom stereocenters. The molecule has 0 aliphatic carbocycles. The molecular weight excluding hydrogens is 348 g/mol. The summed E-state index contributed by atoms with van der Waals surface area (Å²) in [6, 6.07) is 3.63. The van der Waals surface area contributed by atoms with Crippen molar-refractivity contribution in [2.75, 3.05) is 19.6 Å². The van der Waals surface area contributed by atoms with E-state index in [1.807, 2.05) is 6.92 Å². The Morgan fingerprint density at radius 1 is 1.53 bits per heavy atom. The van der Waals surface area contributed by atoms with Gasteiger partial charge >= 0.3 is 0 Å². The van der Waals surface area contributed by atoms with Gasteiger partial charge in [-0.25, -0.2) is 8.42 Å². The minimum absolute atomic E-state index is 0. The number of nitrogens with one attached hydrogen (secondary N) is 1. The van der Waals surface area contributed by atoms with Crippen LogP contribution in [-0.2, 0) is 10.0 Å². The molecule has 1 aromatic heterocycles. The van der Waals surface area contributed by atoms with Gasteiger partial charge in [-0.15, -0.1) is 23.7 Å². The first-order valence-electron chi connectivity index (χ1n) is 4.99. The van der Waals surface area contributed by atoms with Crippen molar-refractivity contribution in [3.8, 4) is 0 Å². The Bertz CT molecular complexity index is 477. The molecule has 8 heteroatoms. The van der Waals surface area contributed by atoms with Crippen LogP contribution in [0.5, 0.6) is 0 Å². The lowest BCUT2D eigenvalue weighted by Crippen LogP contribution is -2.51. The molecule has 0 amide bonds. The SMILES string of the molecule is C[C@@H]1CN(S(=O)(=O)c2ccc(Br)s2)CCN1.Cl. The lowest BCUT2D eigenvalue weighted by Gasteiger charge is -2.30. The van der Waals surface area contributed by atoms with Crippen LogP contribution < -0.4 is 5.32 Å². The van der Waals surface area contributed by atoms with Gasteiger partial charge in [0.25, 0.3) is 10.0 Å². The van der Waals surface area contributed by atoms with Gasteiger partial charge < -0.3 is 5.32 Å². The molecule has 2 heterocycles. The van der Waals surface area contributed by atoms with E-state index >= 15 is 0 Å². The molecule has 1 aromatic rings. The molecule has 0 saturated carbocycles. The van der Waals surface area contributed by atoms with Crippen molar-refractivity contribution < 1.29 is 8.42 Å². The van der Waals surface area contributed by atoms with Crippen LogP contribution in [0.4, 0.5) is 0 Å². The quantitative estimate of drug-likeness (QED) is 0.875. The first-order chi connectivity index (χ1) is 7.50. The molecule has 0 bridgehead atoms. The highest BCUT2D eigenvalue weighted by molar-refractivity contribution is 9.11. The van der Waals surface area contributed by atoms with E-state index in [0.717, 1.165) is 3.79 Å². The number of hydrogen-bond acceptors (Lipinski definition) is 4. The number of hydrogen-bond donors (Lipinski definition) is 1. The molecule has 98 valence electrons. The molecule has 4 nitrogen and oxygen atoms in total. The Labute approximate surface area is 120 Å². The molecule has 1 N–H and O–H groups in total. The van der Waals surface area contributed by atoms with Gasteiger partial charge in [-0.3, -0.25) is 0 Å². The molecule has 1 fully saturated rings. The zero-order valence-corrected chi connectivity index (χ0v) is 13.3. The summed E-state index contributed by atoms with van der Waals surface area (Å²) >= 11 is 4.54. The second-order valence-electron chi connectivity index (χ2n) is 3.78. The zero-order valence-electron chi connectivity index (χ0n) is 9.22. The van der Waals surface area contributed by atoms with Crippen LogP contribution in [0.3, 0.4) is 0 Å². The molecule has 0 spiro atoms. The fraction of sp³-hybridized carbons (Fsp3) is 0.556. The van der Waals surface area contributed by atoms with Crippen LogP contribution in [0, 0.1) is 0 Å². The van der Waals surface area contributed by atoms with E-state index in [0.29, 0.717) is 23.8 Å². The highest BCUT2D eigenvalue weighted by atomic mass is 79.9. The largest absolute Gasteiger partial charge is 0.312 e. The summed E-state index contributed by atoms with van der Waals surface area (Å²) in [4.78, 5) is 0. The van der Waals surface area contributed by atoms with E-state index in [4.69, 9.17) is 0 Å². The van der Waals surface area contributed by atoms with Gasteiger partial charge in [0.1, 0.15) is 4.21 Å². The van der Waals surface area contributed by atoms with Crippen molar-refractivity contribution >= 4 is 49.7 Å². The normalized spacial score (nSPS) is 22.1. The Kier molecular flexibility index (Phi) is 5.42. The second-order valence-corrected chi connectivity index (χ2v) is 8.40. The average Bonchev–Trinajstić information content (AvgIpc) is 2.65. The van der Waals surface area contributed by atoms with E-state index in [1.54, 1.807) is 16.4 Å². The number of sulfonamides is 1. The molecule has 1 saturated heterocycles. The van der Waals surface area contributed by atoms with Crippen LogP contribution >= 0.6 is 39.7 Å². The van der Waals surface area contributed by atoms with Crippen molar-refractivity contribution in [1.29, 1.82) is 0 Å². The predicted molar refractivity (Wildman–Crippen MR) is 75.5 cm³/mol. The maximum absolute atomic E-state index is 12.2. The van der Waals surface area contributed by atoms with Crippen molar-refractivity contribution in [2.24, 2.45) is 0 Å².